The van der Waals surface area contributed by atoms with E-state index in [9.17, 15) is 22.8 Å². The lowest BCUT2D eigenvalue weighted by atomic mass is 10.2. The van der Waals surface area contributed by atoms with Crippen molar-refractivity contribution in [3.05, 3.63) is 29.8 Å². The fraction of sp³-hybridized carbons (Fsp3) is 0.471. The van der Waals surface area contributed by atoms with Gasteiger partial charge in [-0.3, -0.25) is 9.59 Å². The molecule has 2 amide bonds. The number of esters is 1. The molecule has 0 saturated carbocycles. The van der Waals surface area contributed by atoms with Gasteiger partial charge in [0.2, 0.25) is 15.9 Å². The van der Waals surface area contributed by atoms with E-state index in [-0.39, 0.29) is 29.0 Å². The highest BCUT2D eigenvalue weighted by atomic mass is 32.2. The van der Waals surface area contributed by atoms with Crippen LogP contribution in [-0.4, -0.2) is 64.4 Å². The summed E-state index contributed by atoms with van der Waals surface area (Å²) < 4.78 is 31.8. The van der Waals surface area contributed by atoms with Crippen LogP contribution in [0.3, 0.4) is 0 Å². The summed E-state index contributed by atoms with van der Waals surface area (Å²) in [4.78, 5) is 36.2. The zero-order valence-corrected chi connectivity index (χ0v) is 16.6. The minimum atomic E-state index is -3.67. The molecule has 0 fully saturated rings. The van der Waals surface area contributed by atoms with Crippen molar-refractivity contribution in [2.24, 2.45) is 0 Å². The summed E-state index contributed by atoms with van der Waals surface area (Å²) in [7, 11) is -0.806. The van der Waals surface area contributed by atoms with Crippen molar-refractivity contribution in [1.29, 1.82) is 0 Å². The number of hydrogen-bond acceptors (Lipinski definition) is 6. The molecule has 1 atom stereocenters. The number of nitrogens with one attached hydrogen (secondary N) is 2. The molecule has 0 aliphatic rings. The molecule has 9 nitrogen and oxygen atoms in total. The molecule has 0 aliphatic carbocycles. The van der Waals surface area contributed by atoms with Crippen LogP contribution in [0.25, 0.3) is 0 Å². The molecule has 1 rings (SSSR count). The average molecular weight is 399 g/mol. The summed E-state index contributed by atoms with van der Waals surface area (Å²) in [6, 6.07) is 5.00. The predicted molar refractivity (Wildman–Crippen MR) is 98.5 cm³/mol. The van der Waals surface area contributed by atoms with Crippen molar-refractivity contribution in [3.63, 3.8) is 0 Å². The Balaban J connectivity index is 2.67. The highest BCUT2D eigenvalue weighted by Crippen LogP contribution is 2.12. The van der Waals surface area contributed by atoms with E-state index in [0.29, 0.717) is 6.42 Å². The SMILES string of the molecule is CC[C@H](C)NS(=O)(=O)c1ccc(C(=O)OCC(=O)N(C)CC(=O)NC)cc1. The summed E-state index contributed by atoms with van der Waals surface area (Å²) in [6.45, 7) is 2.94. The van der Waals surface area contributed by atoms with E-state index in [0.717, 1.165) is 4.90 Å². The Morgan fingerprint density at radius 2 is 1.78 bits per heavy atom. The normalized spacial score (nSPS) is 12.1. The van der Waals surface area contributed by atoms with E-state index in [2.05, 4.69) is 10.0 Å². The second-order valence-electron chi connectivity index (χ2n) is 5.95. The van der Waals surface area contributed by atoms with Crippen molar-refractivity contribution in [2.45, 2.75) is 31.2 Å². The van der Waals surface area contributed by atoms with Gasteiger partial charge >= 0.3 is 5.97 Å². The Morgan fingerprint density at radius 1 is 1.19 bits per heavy atom. The number of likely N-dealkylation sites (N-methyl/N-ethyl adjacent to an activating group) is 2. The second-order valence-corrected chi connectivity index (χ2v) is 7.67. The number of sulfonamides is 1. The van der Waals surface area contributed by atoms with E-state index < -0.39 is 28.5 Å². The van der Waals surface area contributed by atoms with E-state index in [1.165, 1.54) is 38.4 Å². The predicted octanol–water partition coefficient (Wildman–Crippen LogP) is 0.125. The van der Waals surface area contributed by atoms with Gasteiger partial charge in [0.1, 0.15) is 0 Å². The third kappa shape index (κ3) is 6.99. The molecule has 10 heteroatoms. The Morgan fingerprint density at radius 3 is 2.30 bits per heavy atom. The molecule has 0 aliphatic heterocycles. The first-order valence-corrected chi connectivity index (χ1v) is 9.83. The Labute approximate surface area is 159 Å². The summed E-state index contributed by atoms with van der Waals surface area (Å²) in [6.07, 6.45) is 0.645. The van der Waals surface area contributed by atoms with Crippen molar-refractivity contribution in [2.75, 3.05) is 27.2 Å². The molecule has 1 aromatic rings. The Hall–Kier alpha value is -2.46. The van der Waals surface area contributed by atoms with E-state index in [4.69, 9.17) is 4.74 Å². The van der Waals surface area contributed by atoms with Crippen LogP contribution in [0.4, 0.5) is 0 Å². The topological polar surface area (TPSA) is 122 Å². The molecular formula is C17H25N3O6S. The van der Waals surface area contributed by atoms with Crippen LogP contribution in [0.1, 0.15) is 30.6 Å². The van der Waals surface area contributed by atoms with Gasteiger partial charge < -0.3 is 15.0 Å². The summed E-state index contributed by atoms with van der Waals surface area (Å²) in [5.41, 5.74) is 0.110. The average Bonchev–Trinajstić information content (AvgIpc) is 2.65. The fourth-order valence-electron chi connectivity index (χ4n) is 1.89. The molecule has 1 aromatic carbocycles. The van der Waals surface area contributed by atoms with Crippen LogP contribution in [0.5, 0.6) is 0 Å². The van der Waals surface area contributed by atoms with E-state index in [1.807, 2.05) is 6.92 Å². The molecule has 0 spiro atoms. The number of carbonyl (C=O) groups excluding carboxylic acids is 3. The second kappa shape index (κ2) is 10.0. The van der Waals surface area contributed by atoms with Crippen molar-refractivity contribution in [1.82, 2.24) is 14.9 Å². The summed E-state index contributed by atoms with van der Waals surface area (Å²) in [5, 5.41) is 2.38. The molecule has 0 heterocycles. The highest BCUT2D eigenvalue weighted by Gasteiger charge is 2.18. The largest absolute Gasteiger partial charge is 0.452 e. The Bertz CT molecular complexity index is 776. The van der Waals surface area contributed by atoms with Crippen LogP contribution in [0, 0.1) is 0 Å². The van der Waals surface area contributed by atoms with Crippen molar-refractivity contribution < 1.29 is 27.5 Å². The third-order valence-corrected chi connectivity index (χ3v) is 5.39. The van der Waals surface area contributed by atoms with Gasteiger partial charge in [0.25, 0.3) is 5.91 Å². The number of benzene rings is 1. The molecule has 0 unspecified atom stereocenters. The van der Waals surface area contributed by atoms with Crippen molar-refractivity contribution in [3.8, 4) is 0 Å². The van der Waals surface area contributed by atoms with Crippen LogP contribution in [-0.2, 0) is 24.3 Å². The number of nitrogens with zero attached hydrogens (tertiary/aromatic N) is 1. The maximum Gasteiger partial charge on any atom is 0.338 e. The van der Waals surface area contributed by atoms with Crippen LogP contribution in [0.15, 0.2) is 29.2 Å². The lowest BCUT2D eigenvalue weighted by molar-refractivity contribution is -0.137. The van der Waals surface area contributed by atoms with Crippen LogP contribution < -0.4 is 10.0 Å². The maximum atomic E-state index is 12.2. The molecule has 0 radical (unpaired) electrons. The highest BCUT2D eigenvalue weighted by molar-refractivity contribution is 7.89. The molecule has 0 aromatic heterocycles. The zero-order chi connectivity index (χ0) is 20.6. The lowest BCUT2D eigenvalue weighted by Crippen LogP contribution is -2.39. The van der Waals surface area contributed by atoms with Gasteiger partial charge in [0.15, 0.2) is 6.61 Å². The molecular weight excluding hydrogens is 374 g/mol. The van der Waals surface area contributed by atoms with Gasteiger partial charge in [-0.1, -0.05) is 6.92 Å². The van der Waals surface area contributed by atoms with Crippen LogP contribution >= 0.6 is 0 Å². The van der Waals surface area contributed by atoms with Gasteiger partial charge in [0.05, 0.1) is 17.0 Å². The first kappa shape index (κ1) is 22.6. The van der Waals surface area contributed by atoms with Crippen molar-refractivity contribution >= 4 is 27.8 Å². The number of hydrogen-bond donors (Lipinski definition) is 2. The first-order valence-electron chi connectivity index (χ1n) is 8.34. The lowest BCUT2D eigenvalue weighted by Gasteiger charge is -2.16. The maximum absolute atomic E-state index is 12.2. The van der Waals surface area contributed by atoms with Gasteiger partial charge in [-0.15, -0.1) is 0 Å². The van der Waals surface area contributed by atoms with Gasteiger partial charge in [-0.25, -0.2) is 17.9 Å². The monoisotopic (exact) mass is 399 g/mol. The van der Waals surface area contributed by atoms with Gasteiger partial charge in [-0.05, 0) is 37.6 Å². The molecule has 0 bridgehead atoms. The van der Waals surface area contributed by atoms with E-state index in [1.54, 1.807) is 6.92 Å². The standard InChI is InChI=1S/C17H25N3O6S/c1-5-12(2)19-27(24,25)14-8-6-13(7-9-14)17(23)26-11-16(22)20(4)10-15(21)18-3/h6-9,12,19H,5,10-11H2,1-4H3,(H,18,21)/t12-/m0/s1. The molecule has 0 saturated heterocycles. The number of ether oxygens (including phenoxy) is 1. The molecule has 27 heavy (non-hydrogen) atoms. The summed E-state index contributed by atoms with van der Waals surface area (Å²) in [5.74, 6) is -1.65. The van der Waals surface area contributed by atoms with Gasteiger partial charge in [0, 0.05) is 20.1 Å². The summed E-state index contributed by atoms with van der Waals surface area (Å²) >= 11 is 0. The number of carbonyl (C=O) groups is 3. The fourth-order valence-corrected chi connectivity index (χ4v) is 3.22. The molecule has 2 N–H and O–H groups in total. The minimum Gasteiger partial charge on any atom is -0.452 e. The van der Waals surface area contributed by atoms with E-state index >= 15 is 0 Å². The Kier molecular flexibility index (Phi) is 8.38. The van der Waals surface area contributed by atoms with Crippen LogP contribution in [0.2, 0.25) is 0 Å². The zero-order valence-electron chi connectivity index (χ0n) is 15.8. The molecule has 150 valence electrons. The number of amides is 2. The number of rotatable bonds is 9. The van der Waals surface area contributed by atoms with Gasteiger partial charge in [-0.2, -0.15) is 0 Å². The first-order chi connectivity index (χ1) is 12.6. The third-order valence-electron chi connectivity index (χ3n) is 3.78. The smallest absolute Gasteiger partial charge is 0.338 e. The minimum absolute atomic E-state index is 0.0285. The quantitative estimate of drug-likeness (QED) is 0.569.